The van der Waals surface area contributed by atoms with Crippen molar-refractivity contribution >= 4 is 12.2 Å². The van der Waals surface area contributed by atoms with Crippen molar-refractivity contribution in [1.29, 1.82) is 0 Å². The van der Waals surface area contributed by atoms with Gasteiger partial charge < -0.3 is 14.9 Å². The average Bonchev–Trinajstić information content (AvgIpc) is 2.53. The number of phenolic OH excluding ortho intramolecular Hbond substituents is 1. The summed E-state index contributed by atoms with van der Waals surface area (Å²) in [4.78, 5) is 0. The van der Waals surface area contributed by atoms with Gasteiger partial charge in [-0.3, -0.25) is 0 Å². The normalized spacial score (nSPS) is 22.2. The summed E-state index contributed by atoms with van der Waals surface area (Å²) < 4.78 is 5.04. The van der Waals surface area contributed by atoms with Gasteiger partial charge in [-0.1, -0.05) is 17.6 Å². The van der Waals surface area contributed by atoms with E-state index in [0.717, 1.165) is 11.8 Å². The molecule has 0 amide bonds. The number of rotatable bonds is 1. The fourth-order valence-electron chi connectivity index (χ4n) is 1.63. The Balaban J connectivity index is 2.20. The molecule has 1 heterocycles. The van der Waals surface area contributed by atoms with Crippen LogP contribution in [-0.2, 0) is 4.74 Å². The lowest BCUT2D eigenvalue weighted by atomic mass is 9.43. The zero-order valence-corrected chi connectivity index (χ0v) is 7.18. The molecule has 3 nitrogen and oxygen atoms in total. The van der Waals surface area contributed by atoms with E-state index in [0.29, 0.717) is 6.61 Å². The number of aliphatic hydroxyl groups is 1. The molecular weight excluding hydrogens is 167 g/mol. The standard InChI is InChI=1S/C9H11BO3/c11-8-3-1-7(2-4-8)10-5-6-13-9(10)12/h1-4,9,11-12H,5-6H2. The monoisotopic (exact) mass is 178 g/mol. The molecule has 1 unspecified atom stereocenters. The molecule has 1 saturated heterocycles. The van der Waals surface area contributed by atoms with Crippen molar-refractivity contribution in [2.24, 2.45) is 0 Å². The molecule has 1 atom stereocenters. The van der Waals surface area contributed by atoms with Crippen LogP contribution in [0.25, 0.3) is 0 Å². The van der Waals surface area contributed by atoms with Gasteiger partial charge in [0.2, 0.25) is 6.71 Å². The highest BCUT2D eigenvalue weighted by Gasteiger charge is 2.31. The van der Waals surface area contributed by atoms with E-state index in [1.54, 1.807) is 12.1 Å². The maximum Gasteiger partial charge on any atom is 0.246 e. The van der Waals surface area contributed by atoms with Crippen molar-refractivity contribution < 1.29 is 14.9 Å². The second kappa shape index (κ2) is 3.40. The van der Waals surface area contributed by atoms with E-state index in [4.69, 9.17) is 9.84 Å². The van der Waals surface area contributed by atoms with E-state index >= 15 is 0 Å². The van der Waals surface area contributed by atoms with Crippen molar-refractivity contribution in [3.63, 3.8) is 0 Å². The molecule has 0 bridgehead atoms. The Hall–Kier alpha value is -0.995. The number of benzene rings is 1. The summed E-state index contributed by atoms with van der Waals surface area (Å²) in [6.45, 7) is 0.660. The fraction of sp³-hybridized carbons (Fsp3) is 0.333. The van der Waals surface area contributed by atoms with Gasteiger partial charge >= 0.3 is 0 Å². The highest BCUT2D eigenvalue weighted by atomic mass is 16.6. The molecule has 4 heteroatoms. The van der Waals surface area contributed by atoms with Crippen molar-refractivity contribution in [1.82, 2.24) is 0 Å². The predicted octanol–water partition coefficient (Wildman–Crippen LogP) is -0.0182. The largest absolute Gasteiger partial charge is 0.508 e. The van der Waals surface area contributed by atoms with Gasteiger partial charge in [0.15, 0.2) is 0 Å². The lowest BCUT2D eigenvalue weighted by Crippen LogP contribution is -2.38. The lowest BCUT2D eigenvalue weighted by molar-refractivity contribution is -0.0202. The van der Waals surface area contributed by atoms with E-state index < -0.39 is 6.19 Å². The van der Waals surface area contributed by atoms with E-state index in [1.807, 2.05) is 12.1 Å². The molecule has 0 aromatic heterocycles. The number of phenols is 1. The molecule has 1 aliphatic heterocycles. The first-order chi connectivity index (χ1) is 6.27. The van der Waals surface area contributed by atoms with Crippen LogP contribution in [0.5, 0.6) is 5.75 Å². The first-order valence-corrected chi connectivity index (χ1v) is 4.36. The maximum atomic E-state index is 9.43. The van der Waals surface area contributed by atoms with Crippen LogP contribution in [0, 0.1) is 0 Å². The first-order valence-electron chi connectivity index (χ1n) is 4.36. The Morgan fingerprint density at radius 3 is 2.54 bits per heavy atom. The van der Waals surface area contributed by atoms with Crippen LogP contribution < -0.4 is 5.46 Å². The minimum Gasteiger partial charge on any atom is -0.508 e. The van der Waals surface area contributed by atoms with Crippen LogP contribution in [-0.4, -0.2) is 29.7 Å². The van der Waals surface area contributed by atoms with Crippen LogP contribution in [0.1, 0.15) is 0 Å². The van der Waals surface area contributed by atoms with Gasteiger partial charge in [-0.2, -0.15) is 0 Å². The molecule has 13 heavy (non-hydrogen) atoms. The fourth-order valence-corrected chi connectivity index (χ4v) is 1.63. The summed E-state index contributed by atoms with van der Waals surface area (Å²) in [5.41, 5.74) is 1.02. The van der Waals surface area contributed by atoms with Gasteiger partial charge in [-0.05, 0) is 18.5 Å². The molecule has 0 aliphatic carbocycles. The van der Waals surface area contributed by atoms with Crippen LogP contribution >= 0.6 is 0 Å². The molecule has 1 aliphatic rings. The Morgan fingerprint density at radius 1 is 1.31 bits per heavy atom. The third-order valence-corrected chi connectivity index (χ3v) is 2.38. The molecule has 1 fully saturated rings. The smallest absolute Gasteiger partial charge is 0.246 e. The van der Waals surface area contributed by atoms with Gasteiger partial charge in [0.25, 0.3) is 0 Å². The first kappa shape index (κ1) is 8.60. The molecule has 0 spiro atoms. The molecule has 2 rings (SSSR count). The molecule has 68 valence electrons. The number of hydrogen-bond acceptors (Lipinski definition) is 3. The zero-order chi connectivity index (χ0) is 9.26. The summed E-state index contributed by atoms with van der Waals surface area (Å²) in [5, 5.41) is 18.5. The molecule has 1 aromatic carbocycles. The SMILES string of the molecule is Oc1ccc(B2CCOC2O)cc1. The maximum absolute atomic E-state index is 9.43. The Kier molecular flexibility index (Phi) is 2.25. The van der Waals surface area contributed by atoms with Gasteiger partial charge in [0, 0.05) is 6.61 Å². The van der Waals surface area contributed by atoms with E-state index in [1.165, 1.54) is 0 Å². The second-order valence-electron chi connectivity index (χ2n) is 3.25. The Morgan fingerprint density at radius 2 is 2.00 bits per heavy atom. The van der Waals surface area contributed by atoms with Crippen molar-refractivity contribution in [2.45, 2.75) is 12.5 Å². The average molecular weight is 178 g/mol. The van der Waals surface area contributed by atoms with Crippen LogP contribution in [0.3, 0.4) is 0 Å². The van der Waals surface area contributed by atoms with Gasteiger partial charge in [-0.25, -0.2) is 0 Å². The highest BCUT2D eigenvalue weighted by molar-refractivity contribution is 6.74. The molecule has 0 radical (unpaired) electrons. The summed E-state index contributed by atoms with van der Waals surface area (Å²) in [6, 6.07) is 6.89. The van der Waals surface area contributed by atoms with Crippen molar-refractivity contribution in [3.05, 3.63) is 24.3 Å². The number of ether oxygens (including phenoxy) is 1. The lowest BCUT2D eigenvalue weighted by Gasteiger charge is -2.09. The van der Waals surface area contributed by atoms with E-state index in [2.05, 4.69) is 0 Å². The Bertz CT molecular complexity index is 285. The van der Waals surface area contributed by atoms with Crippen molar-refractivity contribution in [3.8, 4) is 5.75 Å². The predicted molar refractivity (Wildman–Crippen MR) is 50.3 cm³/mol. The van der Waals surface area contributed by atoms with E-state index in [9.17, 15) is 5.11 Å². The summed E-state index contributed by atoms with van der Waals surface area (Å²) in [5.74, 6) is 0.247. The topological polar surface area (TPSA) is 49.7 Å². The van der Waals surface area contributed by atoms with Crippen LogP contribution in [0.2, 0.25) is 6.32 Å². The van der Waals surface area contributed by atoms with Crippen LogP contribution in [0.4, 0.5) is 0 Å². The second-order valence-corrected chi connectivity index (χ2v) is 3.25. The highest BCUT2D eigenvalue weighted by Crippen LogP contribution is 2.12. The molecular formula is C9H11BO3. The van der Waals surface area contributed by atoms with Gasteiger partial charge in [-0.15, -0.1) is 0 Å². The summed E-state index contributed by atoms with van der Waals surface area (Å²) in [7, 11) is 0. The van der Waals surface area contributed by atoms with Crippen molar-refractivity contribution in [2.75, 3.05) is 6.61 Å². The van der Waals surface area contributed by atoms with Crippen LogP contribution in [0.15, 0.2) is 24.3 Å². The minimum absolute atomic E-state index is 0.0561. The Labute approximate surface area is 77.0 Å². The summed E-state index contributed by atoms with van der Waals surface area (Å²) >= 11 is 0. The molecule has 0 saturated carbocycles. The number of hydrogen-bond donors (Lipinski definition) is 2. The number of aliphatic hydroxyl groups excluding tert-OH is 1. The van der Waals surface area contributed by atoms with Gasteiger partial charge in [0.05, 0.1) is 0 Å². The quantitative estimate of drug-likeness (QED) is 0.594. The minimum atomic E-state index is -0.690. The third kappa shape index (κ3) is 1.69. The molecule has 2 N–H and O–H groups in total. The summed E-state index contributed by atoms with van der Waals surface area (Å²) in [6.07, 6.45) is 0.149. The number of aromatic hydroxyl groups is 1. The molecule has 1 aromatic rings. The zero-order valence-electron chi connectivity index (χ0n) is 7.18. The third-order valence-electron chi connectivity index (χ3n) is 2.38. The van der Waals surface area contributed by atoms with Gasteiger partial charge in [0.1, 0.15) is 11.9 Å². The van der Waals surface area contributed by atoms with E-state index in [-0.39, 0.29) is 12.5 Å².